The molecule has 0 fully saturated rings. The summed E-state index contributed by atoms with van der Waals surface area (Å²) in [6, 6.07) is 17.2. The van der Waals surface area contributed by atoms with Crippen LogP contribution in [-0.4, -0.2) is 12.6 Å². The van der Waals surface area contributed by atoms with Gasteiger partial charge < -0.3 is 4.74 Å². The van der Waals surface area contributed by atoms with Crippen LogP contribution in [0.3, 0.4) is 0 Å². The molecule has 0 saturated heterocycles. The van der Waals surface area contributed by atoms with Gasteiger partial charge in [-0.25, -0.2) is 4.79 Å². The first-order valence-electron chi connectivity index (χ1n) is 6.36. The molecule has 0 heterocycles. The predicted molar refractivity (Wildman–Crippen MR) is 77.0 cm³/mol. The van der Waals surface area contributed by atoms with E-state index in [1.54, 1.807) is 0 Å². The van der Waals surface area contributed by atoms with Gasteiger partial charge in [0.2, 0.25) is 0 Å². The molecule has 0 N–H and O–H groups in total. The van der Waals surface area contributed by atoms with E-state index in [-0.39, 0.29) is 6.10 Å². The van der Waals surface area contributed by atoms with Crippen molar-refractivity contribution in [3.8, 4) is 0 Å². The van der Waals surface area contributed by atoms with Crippen molar-refractivity contribution < 1.29 is 9.53 Å². The Morgan fingerprint density at radius 1 is 1.00 bits per heavy atom. The highest BCUT2D eigenvalue weighted by Crippen LogP contribution is 2.18. The molecular weight excluding hydrogens is 252 g/mol. The molecule has 0 aromatic heterocycles. The molecule has 20 heavy (non-hydrogen) atoms. The molecule has 1 atom stereocenters. The van der Waals surface area contributed by atoms with E-state index < -0.39 is 0 Å². The van der Waals surface area contributed by atoms with Crippen LogP contribution in [0.15, 0.2) is 64.8 Å². The van der Waals surface area contributed by atoms with Crippen molar-refractivity contribution in [2.24, 2.45) is 10.2 Å². The van der Waals surface area contributed by atoms with Crippen LogP contribution >= 0.6 is 0 Å². The van der Waals surface area contributed by atoms with Gasteiger partial charge in [-0.1, -0.05) is 30.3 Å². The highest BCUT2D eigenvalue weighted by atomic mass is 16.5. The number of benzene rings is 2. The summed E-state index contributed by atoms with van der Waals surface area (Å²) < 4.78 is 4.73. The second-order valence-corrected chi connectivity index (χ2v) is 4.42. The number of hydrogen-bond acceptors (Lipinski definition) is 4. The average Bonchev–Trinajstić information content (AvgIpc) is 2.48. The number of carbonyl (C=O) groups excluding carboxylic acids is 1. The van der Waals surface area contributed by atoms with Crippen molar-refractivity contribution >= 4 is 17.8 Å². The first-order valence-corrected chi connectivity index (χ1v) is 6.36. The van der Waals surface area contributed by atoms with Gasteiger partial charge in [0.15, 0.2) is 0 Å². The van der Waals surface area contributed by atoms with Gasteiger partial charge in [-0.2, -0.15) is 10.2 Å². The molecule has 0 aliphatic rings. The van der Waals surface area contributed by atoms with Gasteiger partial charge in [-0.3, -0.25) is 0 Å². The minimum atomic E-state index is -0.177. The van der Waals surface area contributed by atoms with Crippen LogP contribution in [0, 0.1) is 0 Å². The maximum atomic E-state index is 10.1. The number of ether oxygens (including phenoxy) is 1. The normalized spacial score (nSPS) is 12.2. The zero-order valence-electron chi connectivity index (χ0n) is 11.2. The second-order valence-electron chi connectivity index (χ2n) is 4.42. The monoisotopic (exact) mass is 267 g/mol. The molecule has 4 nitrogen and oxygen atoms in total. The smallest absolute Gasteiger partial charge is 0.417 e. The second kappa shape index (κ2) is 7.19. The maximum Gasteiger partial charge on any atom is 0.417 e. The van der Waals surface area contributed by atoms with Crippen LogP contribution in [0.1, 0.15) is 12.5 Å². The fourth-order valence-electron chi connectivity index (χ4n) is 1.76. The van der Waals surface area contributed by atoms with Crippen molar-refractivity contribution in [1.29, 1.82) is 0 Å². The standard InChI is InChI=1S/C16H15N2O2/c1-13(20-12-19)11-14-7-9-16(10-8-14)18-17-15-5-3-2-4-6-15/h2-10,13H,11H2,1H3/b18-17+. The van der Waals surface area contributed by atoms with Crippen LogP contribution in [0.2, 0.25) is 0 Å². The Morgan fingerprint density at radius 3 is 2.20 bits per heavy atom. The van der Waals surface area contributed by atoms with Crippen molar-refractivity contribution in [3.05, 3.63) is 60.2 Å². The fourth-order valence-corrected chi connectivity index (χ4v) is 1.76. The minimum absolute atomic E-state index is 0.177. The predicted octanol–water partition coefficient (Wildman–Crippen LogP) is 4.12. The lowest BCUT2D eigenvalue weighted by Crippen LogP contribution is -2.09. The molecule has 2 aromatic carbocycles. The Hall–Kier alpha value is -2.49. The van der Waals surface area contributed by atoms with E-state index in [0.29, 0.717) is 6.42 Å². The Bertz CT molecular complexity index is 565. The Kier molecular flexibility index (Phi) is 5.00. The van der Waals surface area contributed by atoms with Crippen LogP contribution in [-0.2, 0) is 16.0 Å². The van der Waals surface area contributed by atoms with E-state index in [1.807, 2.05) is 61.5 Å². The summed E-state index contributed by atoms with van der Waals surface area (Å²) in [6.45, 7) is 3.28. The lowest BCUT2D eigenvalue weighted by Gasteiger charge is -2.08. The van der Waals surface area contributed by atoms with Crippen LogP contribution in [0.4, 0.5) is 11.4 Å². The van der Waals surface area contributed by atoms with Gasteiger partial charge in [-0.05, 0) is 36.8 Å². The van der Waals surface area contributed by atoms with Crippen LogP contribution in [0.25, 0.3) is 0 Å². The van der Waals surface area contributed by atoms with Crippen molar-refractivity contribution in [2.45, 2.75) is 19.4 Å². The molecule has 1 unspecified atom stereocenters. The molecule has 1 radical (unpaired) electrons. The summed E-state index contributed by atoms with van der Waals surface area (Å²) in [7, 11) is 0. The SMILES string of the molecule is CC(Cc1ccc(/N=N/c2ccccc2)cc1)O[C]=O. The lowest BCUT2D eigenvalue weighted by atomic mass is 10.1. The van der Waals surface area contributed by atoms with Gasteiger partial charge in [0.25, 0.3) is 0 Å². The molecule has 2 aromatic rings. The number of hydrogen-bond donors (Lipinski definition) is 0. The molecule has 0 aliphatic carbocycles. The lowest BCUT2D eigenvalue weighted by molar-refractivity contribution is 0.194. The Balaban J connectivity index is 1.98. The highest BCUT2D eigenvalue weighted by Gasteiger charge is 2.03. The van der Waals surface area contributed by atoms with Gasteiger partial charge in [-0.15, -0.1) is 0 Å². The number of nitrogens with zero attached hydrogens (tertiary/aromatic N) is 2. The van der Waals surface area contributed by atoms with Gasteiger partial charge in [0.05, 0.1) is 11.4 Å². The van der Waals surface area contributed by atoms with Crippen molar-refractivity contribution in [1.82, 2.24) is 0 Å². The molecule has 0 amide bonds. The van der Waals surface area contributed by atoms with Crippen LogP contribution < -0.4 is 0 Å². The third-order valence-electron chi connectivity index (χ3n) is 2.75. The average molecular weight is 267 g/mol. The highest BCUT2D eigenvalue weighted by molar-refractivity contribution is 5.41. The topological polar surface area (TPSA) is 51.0 Å². The molecule has 0 spiro atoms. The van der Waals surface area contributed by atoms with Gasteiger partial charge >= 0.3 is 6.47 Å². The van der Waals surface area contributed by atoms with Crippen LogP contribution in [0.5, 0.6) is 0 Å². The van der Waals surface area contributed by atoms with Crippen molar-refractivity contribution in [3.63, 3.8) is 0 Å². The zero-order chi connectivity index (χ0) is 14.2. The molecule has 2 rings (SSSR count). The summed E-state index contributed by atoms with van der Waals surface area (Å²) in [5, 5.41) is 8.31. The molecule has 0 bridgehead atoms. The first kappa shape index (κ1) is 13.9. The first-order chi connectivity index (χ1) is 9.78. The summed E-state index contributed by atoms with van der Waals surface area (Å²) in [5.74, 6) is 0. The summed E-state index contributed by atoms with van der Waals surface area (Å²) in [4.78, 5) is 10.1. The van der Waals surface area contributed by atoms with Gasteiger partial charge in [0.1, 0.15) is 6.10 Å². The molecule has 4 heteroatoms. The third-order valence-corrected chi connectivity index (χ3v) is 2.75. The molecule has 0 saturated carbocycles. The molecule has 101 valence electrons. The Morgan fingerprint density at radius 2 is 1.60 bits per heavy atom. The largest absolute Gasteiger partial charge is 0.454 e. The Labute approximate surface area is 118 Å². The third kappa shape index (κ3) is 4.31. The fraction of sp³-hybridized carbons (Fsp3) is 0.188. The van der Waals surface area contributed by atoms with E-state index in [9.17, 15) is 4.79 Å². The number of rotatable bonds is 6. The summed E-state index contributed by atoms with van der Waals surface area (Å²) in [5.41, 5.74) is 2.68. The van der Waals surface area contributed by atoms with E-state index in [1.165, 1.54) is 6.47 Å². The molecule has 0 aliphatic heterocycles. The van der Waals surface area contributed by atoms with Gasteiger partial charge in [0, 0.05) is 6.42 Å². The summed E-state index contributed by atoms with van der Waals surface area (Å²) >= 11 is 0. The maximum absolute atomic E-state index is 10.1. The van der Waals surface area contributed by atoms with E-state index in [2.05, 4.69) is 10.2 Å². The zero-order valence-corrected chi connectivity index (χ0v) is 11.2. The van der Waals surface area contributed by atoms with E-state index in [4.69, 9.17) is 4.74 Å². The quantitative estimate of drug-likeness (QED) is 0.739. The molecular formula is C16H15N2O2. The number of azo groups is 1. The van der Waals surface area contributed by atoms with E-state index in [0.717, 1.165) is 16.9 Å². The summed E-state index contributed by atoms with van der Waals surface area (Å²) in [6.07, 6.45) is 0.482. The van der Waals surface area contributed by atoms with E-state index >= 15 is 0 Å². The van der Waals surface area contributed by atoms with Crippen molar-refractivity contribution in [2.75, 3.05) is 0 Å². The minimum Gasteiger partial charge on any atom is -0.454 e.